The summed E-state index contributed by atoms with van der Waals surface area (Å²) in [5.74, 6) is 4.06. The fraction of sp³-hybridized carbons (Fsp3) is 0.682. The zero-order valence-corrected chi connectivity index (χ0v) is 18.1. The van der Waals surface area contributed by atoms with Crippen molar-refractivity contribution in [3.63, 3.8) is 0 Å². The summed E-state index contributed by atoms with van der Waals surface area (Å²) in [6.07, 6.45) is 11.2. The summed E-state index contributed by atoms with van der Waals surface area (Å²) in [4.78, 5) is 6.93. The van der Waals surface area contributed by atoms with E-state index < -0.39 is 0 Å². The number of fused-ring (bicyclic) bond motifs is 1. The van der Waals surface area contributed by atoms with Crippen molar-refractivity contribution in [1.29, 1.82) is 0 Å². The molecule has 1 atom stereocenters. The Morgan fingerprint density at radius 3 is 2.73 bits per heavy atom. The number of nitrogens with one attached hydrogen (secondary N) is 2. The van der Waals surface area contributed by atoms with Gasteiger partial charge < -0.3 is 19.6 Å². The van der Waals surface area contributed by atoms with Crippen LogP contribution in [0.15, 0.2) is 27.8 Å². The Balaban J connectivity index is 1.29. The second-order valence-corrected chi connectivity index (χ2v) is 8.25. The largest absolute Gasteiger partial charge is 0.468 e. The summed E-state index contributed by atoms with van der Waals surface area (Å²) in [5, 5.41) is 15.8. The van der Waals surface area contributed by atoms with Crippen LogP contribution in [0.25, 0.3) is 0 Å². The maximum atomic E-state index is 5.75. The van der Waals surface area contributed by atoms with Crippen LogP contribution < -0.4 is 10.6 Å². The van der Waals surface area contributed by atoms with Gasteiger partial charge in [0.15, 0.2) is 5.96 Å². The maximum absolute atomic E-state index is 5.75. The average Bonchev–Trinajstić information content (AvgIpc) is 3.38. The van der Waals surface area contributed by atoms with Crippen LogP contribution in [0.4, 0.5) is 0 Å². The van der Waals surface area contributed by atoms with E-state index in [0.717, 1.165) is 68.9 Å². The highest BCUT2D eigenvalue weighted by molar-refractivity contribution is 5.79. The lowest BCUT2D eigenvalue weighted by Crippen LogP contribution is -2.44. The van der Waals surface area contributed by atoms with Crippen molar-refractivity contribution in [2.45, 2.75) is 64.0 Å². The topological polar surface area (TPSA) is 83.5 Å². The van der Waals surface area contributed by atoms with Gasteiger partial charge in [-0.25, -0.2) is 0 Å². The highest BCUT2D eigenvalue weighted by Crippen LogP contribution is 2.24. The van der Waals surface area contributed by atoms with E-state index in [0.29, 0.717) is 0 Å². The standard InChI is InChI=1S/C22H35N7O/c1-23-22(24-12-11-21-27-26-20-10-4-2-7-15-29(20)21)25-17-18(19-9-8-16-30-19)28-13-5-3-6-14-28/h8-9,16,18H,2-7,10-15,17H2,1H3,(H2,23,24,25). The Bertz CT molecular complexity index is 793. The van der Waals surface area contributed by atoms with Crippen molar-refractivity contribution >= 4 is 5.96 Å². The van der Waals surface area contributed by atoms with Crippen molar-refractivity contribution in [3.8, 4) is 0 Å². The van der Waals surface area contributed by atoms with E-state index in [-0.39, 0.29) is 6.04 Å². The summed E-state index contributed by atoms with van der Waals surface area (Å²) in [6.45, 7) is 4.85. The number of aromatic nitrogens is 3. The zero-order valence-electron chi connectivity index (χ0n) is 18.1. The fourth-order valence-electron chi connectivity index (χ4n) is 4.56. The van der Waals surface area contributed by atoms with E-state index in [1.54, 1.807) is 6.26 Å². The van der Waals surface area contributed by atoms with Gasteiger partial charge in [0, 0.05) is 39.5 Å². The van der Waals surface area contributed by atoms with Crippen molar-refractivity contribution in [1.82, 2.24) is 30.3 Å². The lowest BCUT2D eigenvalue weighted by Gasteiger charge is -2.33. The van der Waals surface area contributed by atoms with E-state index in [1.807, 2.05) is 13.1 Å². The third kappa shape index (κ3) is 5.22. The number of aryl methyl sites for hydroxylation is 1. The number of piperidine rings is 1. The first-order valence-corrected chi connectivity index (χ1v) is 11.5. The first-order chi connectivity index (χ1) is 14.8. The molecule has 2 aromatic heterocycles. The van der Waals surface area contributed by atoms with E-state index in [9.17, 15) is 0 Å². The summed E-state index contributed by atoms with van der Waals surface area (Å²) >= 11 is 0. The van der Waals surface area contributed by atoms with Crippen molar-refractivity contribution in [3.05, 3.63) is 35.8 Å². The Morgan fingerprint density at radius 2 is 1.93 bits per heavy atom. The van der Waals surface area contributed by atoms with Crippen molar-refractivity contribution in [2.24, 2.45) is 4.99 Å². The molecule has 4 rings (SSSR count). The smallest absolute Gasteiger partial charge is 0.191 e. The number of rotatable bonds is 7. The molecule has 30 heavy (non-hydrogen) atoms. The second kappa shape index (κ2) is 10.6. The van der Waals surface area contributed by atoms with E-state index in [1.165, 1.54) is 38.5 Å². The number of hydrogen-bond donors (Lipinski definition) is 2. The van der Waals surface area contributed by atoms with Crippen molar-refractivity contribution < 1.29 is 4.42 Å². The predicted octanol–water partition coefficient (Wildman–Crippen LogP) is 2.53. The highest BCUT2D eigenvalue weighted by Gasteiger charge is 2.24. The predicted molar refractivity (Wildman–Crippen MR) is 118 cm³/mol. The molecule has 0 spiro atoms. The van der Waals surface area contributed by atoms with Crippen LogP contribution in [0.1, 0.15) is 62.0 Å². The molecular formula is C22H35N7O. The molecule has 0 saturated carbocycles. The number of likely N-dealkylation sites (tertiary alicyclic amines) is 1. The first kappa shape index (κ1) is 20.9. The molecule has 1 unspecified atom stereocenters. The molecule has 2 N–H and O–H groups in total. The first-order valence-electron chi connectivity index (χ1n) is 11.5. The Hall–Kier alpha value is -2.35. The monoisotopic (exact) mass is 413 g/mol. The second-order valence-electron chi connectivity index (χ2n) is 8.25. The minimum atomic E-state index is 0.228. The van der Waals surface area contributed by atoms with Crippen LogP contribution in [0, 0.1) is 0 Å². The lowest BCUT2D eigenvalue weighted by molar-refractivity contribution is 0.146. The van der Waals surface area contributed by atoms with Gasteiger partial charge in [-0.15, -0.1) is 10.2 Å². The van der Waals surface area contributed by atoms with Crippen LogP contribution in [0.5, 0.6) is 0 Å². The van der Waals surface area contributed by atoms with E-state index in [2.05, 4.69) is 41.4 Å². The van der Waals surface area contributed by atoms with E-state index >= 15 is 0 Å². The van der Waals surface area contributed by atoms with E-state index in [4.69, 9.17) is 4.42 Å². The van der Waals surface area contributed by atoms with Gasteiger partial charge >= 0.3 is 0 Å². The van der Waals surface area contributed by atoms with Gasteiger partial charge in [-0.1, -0.05) is 12.8 Å². The molecule has 4 heterocycles. The zero-order chi connectivity index (χ0) is 20.6. The van der Waals surface area contributed by atoms with Gasteiger partial charge in [0.25, 0.3) is 0 Å². The Labute approximate surface area is 179 Å². The molecule has 2 aliphatic heterocycles. The van der Waals surface area contributed by atoms with Gasteiger partial charge in [0.05, 0.1) is 12.3 Å². The fourth-order valence-corrected chi connectivity index (χ4v) is 4.56. The summed E-state index contributed by atoms with van der Waals surface area (Å²) in [7, 11) is 1.82. The van der Waals surface area contributed by atoms with Gasteiger partial charge in [-0.3, -0.25) is 9.89 Å². The lowest BCUT2D eigenvalue weighted by atomic mass is 10.1. The quantitative estimate of drug-likeness (QED) is 0.536. The molecule has 0 bridgehead atoms. The maximum Gasteiger partial charge on any atom is 0.191 e. The number of nitrogens with zero attached hydrogens (tertiary/aromatic N) is 5. The molecule has 2 aliphatic rings. The SMILES string of the molecule is CN=C(NCCc1nnc2n1CCCCC2)NCC(c1ccco1)N1CCCCC1. The minimum absolute atomic E-state index is 0.228. The molecule has 1 fully saturated rings. The summed E-state index contributed by atoms with van der Waals surface area (Å²) < 4.78 is 8.06. The van der Waals surface area contributed by atoms with Crippen molar-refractivity contribution in [2.75, 3.05) is 33.2 Å². The summed E-state index contributed by atoms with van der Waals surface area (Å²) in [5.41, 5.74) is 0. The highest BCUT2D eigenvalue weighted by atomic mass is 16.3. The third-order valence-corrected chi connectivity index (χ3v) is 6.22. The molecule has 0 radical (unpaired) electrons. The van der Waals surface area contributed by atoms with Gasteiger partial charge in [0.1, 0.15) is 17.4 Å². The molecule has 8 heteroatoms. The number of guanidine groups is 1. The Morgan fingerprint density at radius 1 is 1.10 bits per heavy atom. The van der Waals surface area contributed by atoms with Crippen LogP contribution in [0.3, 0.4) is 0 Å². The van der Waals surface area contributed by atoms with Gasteiger partial charge in [-0.2, -0.15) is 0 Å². The normalized spacial score (nSPS) is 19.2. The third-order valence-electron chi connectivity index (χ3n) is 6.22. The number of hydrogen-bond acceptors (Lipinski definition) is 5. The molecule has 1 saturated heterocycles. The molecule has 0 aromatic carbocycles. The number of aliphatic imine (C=N–C) groups is 1. The molecule has 8 nitrogen and oxygen atoms in total. The molecular weight excluding hydrogens is 378 g/mol. The average molecular weight is 414 g/mol. The Kier molecular flexibility index (Phi) is 7.39. The number of furan rings is 1. The summed E-state index contributed by atoms with van der Waals surface area (Å²) in [6, 6.07) is 4.28. The molecule has 0 amide bonds. The minimum Gasteiger partial charge on any atom is -0.468 e. The van der Waals surface area contributed by atoms with Crippen LogP contribution in [0.2, 0.25) is 0 Å². The van der Waals surface area contributed by atoms with Crippen LogP contribution in [-0.4, -0.2) is 58.9 Å². The molecule has 0 aliphatic carbocycles. The molecule has 164 valence electrons. The van der Waals surface area contributed by atoms with Gasteiger partial charge in [-0.05, 0) is 50.9 Å². The van der Waals surface area contributed by atoms with Crippen LogP contribution >= 0.6 is 0 Å². The van der Waals surface area contributed by atoms with Crippen LogP contribution in [-0.2, 0) is 19.4 Å². The molecule has 2 aromatic rings. The van der Waals surface area contributed by atoms with Gasteiger partial charge in [0.2, 0.25) is 0 Å².